The second-order valence-corrected chi connectivity index (χ2v) is 4.88. The number of aliphatic hydroxyl groups excluding tert-OH is 1. The summed E-state index contributed by atoms with van der Waals surface area (Å²) < 4.78 is 0. The zero-order valence-corrected chi connectivity index (χ0v) is 10.4. The zero-order chi connectivity index (χ0) is 12.0. The maximum atomic E-state index is 12.1. The smallest absolute Gasteiger partial charge is 0.194 e. The molecule has 0 aromatic heterocycles. The van der Waals surface area contributed by atoms with Gasteiger partial charge in [0.15, 0.2) is 5.78 Å². The first-order valence-corrected chi connectivity index (χ1v) is 6.20. The molecule has 0 radical (unpaired) electrons. The Balaban J connectivity index is 2.27. The Morgan fingerprint density at radius 1 is 0.941 bits per heavy atom. The Hall–Kier alpha value is -1.45. The van der Waals surface area contributed by atoms with Crippen molar-refractivity contribution in [3.05, 3.63) is 59.2 Å². The van der Waals surface area contributed by atoms with Crippen molar-refractivity contribution in [3.8, 4) is 11.1 Å². The van der Waals surface area contributed by atoms with Crippen molar-refractivity contribution in [2.75, 3.05) is 0 Å². The Bertz CT molecular complexity index is 617. The molecule has 0 saturated heterocycles. The van der Waals surface area contributed by atoms with Crippen LogP contribution in [0.15, 0.2) is 42.5 Å². The molecule has 1 atom stereocenters. The van der Waals surface area contributed by atoms with Crippen LogP contribution in [0.2, 0.25) is 0 Å². The van der Waals surface area contributed by atoms with Crippen molar-refractivity contribution in [1.82, 2.24) is 0 Å². The highest BCUT2D eigenvalue weighted by atomic mass is 79.9. The number of hydrogen-bond acceptors (Lipinski definition) is 2. The van der Waals surface area contributed by atoms with E-state index in [1.165, 1.54) is 0 Å². The van der Waals surface area contributed by atoms with Gasteiger partial charge in [-0.05, 0) is 22.8 Å². The van der Waals surface area contributed by atoms with E-state index in [4.69, 9.17) is 0 Å². The summed E-state index contributed by atoms with van der Waals surface area (Å²) in [4.78, 5) is 12.1. The summed E-state index contributed by atoms with van der Waals surface area (Å²) in [7, 11) is 0. The van der Waals surface area contributed by atoms with Gasteiger partial charge in [-0.25, -0.2) is 0 Å². The van der Waals surface area contributed by atoms with Gasteiger partial charge >= 0.3 is 0 Å². The second kappa shape index (κ2) is 3.79. The maximum absolute atomic E-state index is 12.1. The number of rotatable bonds is 1. The highest BCUT2D eigenvalue weighted by molar-refractivity contribution is 9.09. The molecule has 1 aliphatic carbocycles. The molecule has 1 aliphatic rings. The third-order valence-corrected chi connectivity index (χ3v) is 3.55. The fraction of sp³-hybridized carbons (Fsp3) is 0.0714. The number of aliphatic hydroxyl groups is 1. The van der Waals surface area contributed by atoms with Gasteiger partial charge in [-0.2, -0.15) is 0 Å². The maximum Gasteiger partial charge on any atom is 0.194 e. The summed E-state index contributed by atoms with van der Waals surface area (Å²) in [5, 5.41) is 8.80. The largest absolute Gasteiger partial charge is 0.377 e. The van der Waals surface area contributed by atoms with E-state index in [2.05, 4.69) is 15.9 Å². The van der Waals surface area contributed by atoms with Crippen LogP contribution in [-0.4, -0.2) is 10.9 Å². The van der Waals surface area contributed by atoms with Crippen LogP contribution in [0.3, 0.4) is 0 Å². The average Bonchev–Trinajstić information content (AvgIpc) is 2.64. The van der Waals surface area contributed by atoms with Gasteiger partial charge in [0.25, 0.3) is 0 Å². The average molecular weight is 289 g/mol. The van der Waals surface area contributed by atoms with Gasteiger partial charge in [0, 0.05) is 11.1 Å². The molecule has 0 spiro atoms. The van der Waals surface area contributed by atoms with Crippen molar-refractivity contribution in [1.29, 1.82) is 0 Å². The number of benzene rings is 2. The number of carbonyl (C=O) groups excluding carboxylic acids is 1. The minimum atomic E-state index is -0.698. The highest BCUT2D eigenvalue weighted by Gasteiger charge is 2.26. The molecule has 0 heterocycles. The lowest BCUT2D eigenvalue weighted by molar-refractivity contribution is 0.104. The predicted octanol–water partition coefficient (Wildman–Crippen LogP) is 3.28. The number of hydrogen-bond donors (Lipinski definition) is 1. The van der Waals surface area contributed by atoms with Crippen LogP contribution in [-0.2, 0) is 0 Å². The van der Waals surface area contributed by atoms with Crippen molar-refractivity contribution in [2.24, 2.45) is 0 Å². The molecule has 0 saturated carbocycles. The van der Waals surface area contributed by atoms with Crippen molar-refractivity contribution < 1.29 is 9.90 Å². The summed E-state index contributed by atoms with van der Waals surface area (Å²) >= 11 is 3.12. The molecule has 2 nitrogen and oxygen atoms in total. The number of fused-ring (bicyclic) bond motifs is 3. The van der Waals surface area contributed by atoms with Gasteiger partial charge in [-0.3, -0.25) is 4.79 Å². The molecular weight excluding hydrogens is 280 g/mol. The van der Waals surface area contributed by atoms with Crippen molar-refractivity contribution in [2.45, 2.75) is 5.01 Å². The third-order valence-electron chi connectivity index (χ3n) is 3.03. The molecule has 1 N–H and O–H groups in total. The molecule has 84 valence electrons. The molecule has 0 fully saturated rings. The molecule has 2 aromatic rings. The highest BCUT2D eigenvalue weighted by Crippen LogP contribution is 2.38. The van der Waals surface area contributed by atoms with Crippen LogP contribution in [0, 0.1) is 0 Å². The van der Waals surface area contributed by atoms with E-state index in [0.717, 1.165) is 22.3 Å². The van der Waals surface area contributed by atoms with Crippen molar-refractivity contribution in [3.63, 3.8) is 0 Å². The van der Waals surface area contributed by atoms with Crippen LogP contribution in [0.4, 0.5) is 0 Å². The lowest BCUT2D eigenvalue weighted by Gasteiger charge is -2.05. The SMILES string of the molecule is O=C1c2ccccc2-c2cc(C(O)Br)ccc21. The van der Waals surface area contributed by atoms with Gasteiger partial charge < -0.3 is 5.11 Å². The first-order valence-electron chi connectivity index (χ1n) is 5.28. The quantitative estimate of drug-likeness (QED) is 0.698. The number of carbonyl (C=O) groups is 1. The van der Waals surface area contributed by atoms with E-state index < -0.39 is 5.01 Å². The Morgan fingerprint density at radius 3 is 2.29 bits per heavy atom. The van der Waals surface area contributed by atoms with Crippen LogP contribution in [0.1, 0.15) is 26.5 Å². The minimum absolute atomic E-state index is 0.0613. The molecule has 0 amide bonds. The number of halogens is 1. The lowest BCUT2D eigenvalue weighted by Crippen LogP contribution is -1.95. The second-order valence-electron chi connectivity index (χ2n) is 4.02. The van der Waals surface area contributed by atoms with Crippen LogP contribution >= 0.6 is 15.9 Å². The summed E-state index contributed by atoms with van der Waals surface area (Å²) in [6, 6.07) is 12.9. The summed E-state index contributed by atoms with van der Waals surface area (Å²) in [5.41, 5.74) is 4.06. The third kappa shape index (κ3) is 1.54. The van der Waals surface area contributed by atoms with Crippen LogP contribution in [0.5, 0.6) is 0 Å². The molecule has 0 aliphatic heterocycles. The van der Waals surface area contributed by atoms with E-state index in [-0.39, 0.29) is 5.78 Å². The lowest BCUT2D eigenvalue weighted by atomic mass is 10.0. The minimum Gasteiger partial charge on any atom is -0.377 e. The van der Waals surface area contributed by atoms with Gasteiger partial charge in [-0.1, -0.05) is 52.3 Å². The van der Waals surface area contributed by atoms with E-state index in [9.17, 15) is 9.90 Å². The Kier molecular flexibility index (Phi) is 2.38. The Labute approximate surface area is 107 Å². The van der Waals surface area contributed by atoms with Gasteiger partial charge in [-0.15, -0.1) is 0 Å². The van der Waals surface area contributed by atoms with E-state index in [1.807, 2.05) is 30.3 Å². The van der Waals surface area contributed by atoms with Crippen LogP contribution in [0.25, 0.3) is 11.1 Å². The summed E-state index contributed by atoms with van der Waals surface area (Å²) in [5.74, 6) is 0.0613. The number of ketones is 1. The van der Waals surface area contributed by atoms with E-state index >= 15 is 0 Å². The molecule has 3 heteroatoms. The molecule has 17 heavy (non-hydrogen) atoms. The zero-order valence-electron chi connectivity index (χ0n) is 8.85. The van der Waals surface area contributed by atoms with E-state index in [1.54, 1.807) is 12.1 Å². The topological polar surface area (TPSA) is 37.3 Å². The molecule has 0 bridgehead atoms. The normalized spacial score (nSPS) is 14.4. The molecule has 1 unspecified atom stereocenters. The Morgan fingerprint density at radius 2 is 1.59 bits per heavy atom. The van der Waals surface area contributed by atoms with Gasteiger partial charge in [0.05, 0.1) is 0 Å². The van der Waals surface area contributed by atoms with Crippen molar-refractivity contribution >= 4 is 21.7 Å². The summed E-state index contributed by atoms with van der Waals surface area (Å²) in [6.07, 6.45) is 0. The van der Waals surface area contributed by atoms with Gasteiger partial charge in [0.2, 0.25) is 0 Å². The first-order chi connectivity index (χ1) is 8.18. The van der Waals surface area contributed by atoms with E-state index in [0.29, 0.717) is 5.56 Å². The monoisotopic (exact) mass is 288 g/mol. The predicted molar refractivity (Wildman–Crippen MR) is 69.2 cm³/mol. The fourth-order valence-electron chi connectivity index (χ4n) is 2.19. The first kappa shape index (κ1) is 10.7. The standard InChI is InChI=1S/C14H9BrO2/c15-14(17)8-5-6-11-12(7-8)9-3-1-2-4-10(9)13(11)16/h1-7,14,17H. The molecule has 3 rings (SSSR count). The van der Waals surface area contributed by atoms with Gasteiger partial charge in [0.1, 0.15) is 5.01 Å². The summed E-state index contributed by atoms with van der Waals surface area (Å²) in [6.45, 7) is 0. The fourth-order valence-corrected chi connectivity index (χ4v) is 2.48. The molecular formula is C14H9BrO2. The molecule has 2 aromatic carbocycles. The van der Waals surface area contributed by atoms with Crippen LogP contribution < -0.4 is 0 Å². The number of alkyl halides is 1.